The van der Waals surface area contributed by atoms with Crippen LogP contribution in [0.25, 0.3) is 0 Å². The molecule has 2 aromatic carbocycles. The fourth-order valence-electron chi connectivity index (χ4n) is 4.10. The summed E-state index contributed by atoms with van der Waals surface area (Å²) in [6.07, 6.45) is 6.21. The Labute approximate surface area is 169 Å². The van der Waals surface area contributed by atoms with Gasteiger partial charge in [-0.2, -0.15) is 0 Å². The standard InChI is InChI=1S/C25H32O3/c1-18(2)24(26)28-23-14-10-21(11-15-23)25(16-6-5-7-17-25)20-8-12-22(13-9-20)27-19(3)4/h8-15,18-19H,5-7,16-17H2,1-4H3. The third-order valence-electron chi connectivity index (χ3n) is 5.58. The summed E-state index contributed by atoms with van der Waals surface area (Å²) in [5.41, 5.74) is 2.67. The molecule has 150 valence electrons. The molecule has 2 aromatic rings. The maximum absolute atomic E-state index is 11.9. The fourth-order valence-corrected chi connectivity index (χ4v) is 4.10. The molecule has 0 aliphatic heterocycles. The third-order valence-corrected chi connectivity index (χ3v) is 5.58. The predicted octanol–water partition coefficient (Wildman–Crippen LogP) is 6.29. The molecule has 1 fully saturated rings. The molecular formula is C25H32O3. The molecule has 3 heteroatoms. The van der Waals surface area contributed by atoms with Crippen LogP contribution in [0.5, 0.6) is 11.5 Å². The Morgan fingerprint density at radius 1 is 0.786 bits per heavy atom. The van der Waals surface area contributed by atoms with E-state index in [4.69, 9.17) is 9.47 Å². The number of carbonyl (C=O) groups excluding carboxylic acids is 1. The zero-order chi connectivity index (χ0) is 20.1. The van der Waals surface area contributed by atoms with Crippen LogP contribution in [0.15, 0.2) is 48.5 Å². The zero-order valence-corrected chi connectivity index (χ0v) is 17.5. The molecule has 0 N–H and O–H groups in total. The summed E-state index contributed by atoms with van der Waals surface area (Å²) in [5.74, 6) is 1.21. The van der Waals surface area contributed by atoms with Gasteiger partial charge < -0.3 is 9.47 Å². The van der Waals surface area contributed by atoms with E-state index >= 15 is 0 Å². The van der Waals surface area contributed by atoms with E-state index in [2.05, 4.69) is 36.4 Å². The second-order valence-corrected chi connectivity index (χ2v) is 8.43. The van der Waals surface area contributed by atoms with Gasteiger partial charge in [-0.1, -0.05) is 57.4 Å². The van der Waals surface area contributed by atoms with Gasteiger partial charge in [-0.3, -0.25) is 4.79 Å². The Hall–Kier alpha value is -2.29. The van der Waals surface area contributed by atoms with Crippen molar-refractivity contribution in [1.82, 2.24) is 0 Å². The van der Waals surface area contributed by atoms with Crippen LogP contribution in [0.1, 0.15) is 70.9 Å². The van der Waals surface area contributed by atoms with Gasteiger partial charge in [-0.15, -0.1) is 0 Å². The number of carbonyl (C=O) groups is 1. The third kappa shape index (κ3) is 4.57. The quantitative estimate of drug-likeness (QED) is 0.437. The first-order chi connectivity index (χ1) is 13.4. The van der Waals surface area contributed by atoms with E-state index in [1.54, 1.807) is 0 Å². The first kappa shape index (κ1) is 20.4. The van der Waals surface area contributed by atoms with Crippen molar-refractivity contribution in [3.05, 3.63) is 59.7 Å². The normalized spacial score (nSPS) is 16.2. The number of benzene rings is 2. The van der Waals surface area contributed by atoms with E-state index in [1.165, 1.54) is 30.4 Å². The first-order valence-corrected chi connectivity index (χ1v) is 10.5. The molecule has 1 aliphatic rings. The summed E-state index contributed by atoms with van der Waals surface area (Å²) in [6.45, 7) is 7.79. The van der Waals surface area contributed by atoms with Gasteiger partial charge in [0.15, 0.2) is 0 Å². The van der Waals surface area contributed by atoms with E-state index < -0.39 is 0 Å². The Kier molecular flexibility index (Phi) is 6.43. The Morgan fingerprint density at radius 2 is 1.29 bits per heavy atom. The minimum atomic E-state index is -0.194. The van der Waals surface area contributed by atoms with Crippen molar-refractivity contribution in [2.45, 2.75) is 71.3 Å². The van der Waals surface area contributed by atoms with Gasteiger partial charge in [0.1, 0.15) is 11.5 Å². The minimum absolute atomic E-state index is 0.0230. The molecule has 3 nitrogen and oxygen atoms in total. The van der Waals surface area contributed by atoms with Crippen LogP contribution in [0, 0.1) is 5.92 Å². The SMILES string of the molecule is CC(C)Oc1ccc(C2(c3ccc(OC(=O)C(C)C)cc3)CCCCC2)cc1. The van der Waals surface area contributed by atoms with Crippen LogP contribution in [0.4, 0.5) is 0 Å². The summed E-state index contributed by atoms with van der Waals surface area (Å²) >= 11 is 0. The summed E-state index contributed by atoms with van der Waals surface area (Å²) < 4.78 is 11.3. The molecule has 1 aliphatic carbocycles. The molecule has 0 amide bonds. The molecule has 0 spiro atoms. The van der Waals surface area contributed by atoms with Crippen molar-refractivity contribution in [2.75, 3.05) is 0 Å². The highest BCUT2D eigenvalue weighted by Crippen LogP contribution is 2.45. The smallest absolute Gasteiger partial charge is 0.313 e. The van der Waals surface area contributed by atoms with Crippen LogP contribution in [-0.4, -0.2) is 12.1 Å². The molecule has 3 rings (SSSR count). The van der Waals surface area contributed by atoms with Crippen molar-refractivity contribution in [3.8, 4) is 11.5 Å². The maximum Gasteiger partial charge on any atom is 0.313 e. The highest BCUT2D eigenvalue weighted by atomic mass is 16.5. The minimum Gasteiger partial charge on any atom is -0.491 e. The van der Waals surface area contributed by atoms with Crippen LogP contribution in [0.2, 0.25) is 0 Å². The molecule has 0 heterocycles. The number of esters is 1. The predicted molar refractivity (Wildman–Crippen MR) is 113 cm³/mol. The van der Waals surface area contributed by atoms with Gasteiger partial charge in [-0.25, -0.2) is 0 Å². The van der Waals surface area contributed by atoms with Crippen LogP contribution in [-0.2, 0) is 10.2 Å². The van der Waals surface area contributed by atoms with E-state index in [0.717, 1.165) is 18.6 Å². The van der Waals surface area contributed by atoms with Gasteiger partial charge in [0.25, 0.3) is 0 Å². The second-order valence-electron chi connectivity index (χ2n) is 8.43. The highest BCUT2D eigenvalue weighted by molar-refractivity contribution is 5.74. The fraction of sp³-hybridized carbons (Fsp3) is 0.480. The molecule has 28 heavy (non-hydrogen) atoms. The second kappa shape index (κ2) is 8.81. The van der Waals surface area contributed by atoms with Crippen LogP contribution >= 0.6 is 0 Å². The van der Waals surface area contributed by atoms with E-state index in [-0.39, 0.29) is 23.4 Å². The summed E-state index contributed by atoms with van der Waals surface area (Å²) in [6, 6.07) is 16.7. The Morgan fingerprint density at radius 3 is 1.75 bits per heavy atom. The lowest BCUT2D eigenvalue weighted by Gasteiger charge is -2.38. The zero-order valence-electron chi connectivity index (χ0n) is 17.5. The van der Waals surface area contributed by atoms with Crippen molar-refractivity contribution in [1.29, 1.82) is 0 Å². The maximum atomic E-state index is 11.9. The Balaban J connectivity index is 1.88. The molecule has 0 radical (unpaired) electrons. The average Bonchev–Trinajstić information content (AvgIpc) is 2.69. The van der Waals surface area contributed by atoms with E-state index in [1.807, 2.05) is 39.8 Å². The van der Waals surface area contributed by atoms with Gasteiger partial charge in [0.05, 0.1) is 12.0 Å². The monoisotopic (exact) mass is 380 g/mol. The molecule has 1 saturated carbocycles. The molecule has 0 bridgehead atoms. The molecule has 0 saturated heterocycles. The topological polar surface area (TPSA) is 35.5 Å². The lowest BCUT2D eigenvalue weighted by molar-refractivity contribution is -0.137. The average molecular weight is 381 g/mol. The molecule has 0 aromatic heterocycles. The summed E-state index contributed by atoms with van der Waals surface area (Å²) in [5, 5.41) is 0. The number of ether oxygens (including phenoxy) is 2. The molecular weight excluding hydrogens is 348 g/mol. The number of hydrogen-bond donors (Lipinski definition) is 0. The Bertz CT molecular complexity index is 766. The van der Waals surface area contributed by atoms with Crippen LogP contribution in [0.3, 0.4) is 0 Å². The van der Waals surface area contributed by atoms with Gasteiger partial charge in [0, 0.05) is 5.41 Å². The first-order valence-electron chi connectivity index (χ1n) is 10.5. The van der Waals surface area contributed by atoms with E-state index in [9.17, 15) is 4.79 Å². The largest absolute Gasteiger partial charge is 0.491 e. The lowest BCUT2D eigenvalue weighted by atomic mass is 9.65. The lowest BCUT2D eigenvalue weighted by Crippen LogP contribution is -2.30. The molecule has 0 atom stereocenters. The van der Waals surface area contributed by atoms with Crippen molar-refractivity contribution < 1.29 is 14.3 Å². The van der Waals surface area contributed by atoms with Gasteiger partial charge in [0.2, 0.25) is 0 Å². The molecule has 0 unspecified atom stereocenters. The number of rotatable bonds is 6. The van der Waals surface area contributed by atoms with Crippen molar-refractivity contribution >= 4 is 5.97 Å². The highest BCUT2D eigenvalue weighted by Gasteiger charge is 2.35. The van der Waals surface area contributed by atoms with Crippen molar-refractivity contribution in [3.63, 3.8) is 0 Å². The summed E-state index contributed by atoms with van der Waals surface area (Å²) in [4.78, 5) is 11.9. The van der Waals surface area contributed by atoms with Gasteiger partial charge >= 0.3 is 5.97 Å². The van der Waals surface area contributed by atoms with Crippen molar-refractivity contribution in [2.24, 2.45) is 5.92 Å². The summed E-state index contributed by atoms with van der Waals surface area (Å²) in [7, 11) is 0. The number of hydrogen-bond acceptors (Lipinski definition) is 3. The van der Waals surface area contributed by atoms with Crippen LogP contribution < -0.4 is 9.47 Å². The van der Waals surface area contributed by atoms with Gasteiger partial charge in [-0.05, 0) is 62.1 Å². The van der Waals surface area contributed by atoms with E-state index in [0.29, 0.717) is 5.75 Å².